The van der Waals surface area contributed by atoms with Gasteiger partial charge in [0.05, 0.1) is 12.9 Å². The molecule has 0 atom stereocenters. The summed E-state index contributed by atoms with van der Waals surface area (Å²) in [5.41, 5.74) is 1.24. The summed E-state index contributed by atoms with van der Waals surface area (Å²) in [6, 6.07) is 10.6. The zero-order chi connectivity index (χ0) is 15.4. The maximum Gasteiger partial charge on any atom is 0.244 e. The SMILES string of the molecule is OCCOc1nc(-c2ccco2)nnc1-c1ccc(Cl)cc1. The fourth-order valence-electron chi connectivity index (χ4n) is 1.85. The Morgan fingerprint density at radius 1 is 1.14 bits per heavy atom. The van der Waals surface area contributed by atoms with Gasteiger partial charge in [-0.05, 0) is 24.3 Å². The van der Waals surface area contributed by atoms with Crippen LogP contribution >= 0.6 is 11.6 Å². The summed E-state index contributed by atoms with van der Waals surface area (Å²) in [6.07, 6.45) is 1.53. The van der Waals surface area contributed by atoms with Gasteiger partial charge in [-0.1, -0.05) is 23.7 Å². The molecule has 0 aliphatic heterocycles. The molecule has 0 bridgehead atoms. The van der Waals surface area contributed by atoms with E-state index in [1.54, 1.807) is 36.4 Å². The number of nitrogens with zero attached hydrogens (tertiary/aromatic N) is 3. The van der Waals surface area contributed by atoms with Gasteiger partial charge in [-0.2, -0.15) is 4.98 Å². The normalized spacial score (nSPS) is 10.6. The van der Waals surface area contributed by atoms with Gasteiger partial charge >= 0.3 is 0 Å². The number of furan rings is 1. The number of benzene rings is 1. The molecule has 0 saturated heterocycles. The first-order chi connectivity index (χ1) is 10.8. The maximum atomic E-state index is 8.95. The summed E-state index contributed by atoms with van der Waals surface area (Å²) in [7, 11) is 0. The van der Waals surface area contributed by atoms with Crippen LogP contribution in [-0.2, 0) is 0 Å². The zero-order valence-corrected chi connectivity index (χ0v) is 12.2. The first kappa shape index (κ1) is 14.5. The van der Waals surface area contributed by atoms with E-state index in [1.807, 2.05) is 0 Å². The van der Waals surface area contributed by atoms with Crippen LogP contribution in [0, 0.1) is 0 Å². The van der Waals surface area contributed by atoms with E-state index in [4.69, 9.17) is 25.9 Å². The quantitative estimate of drug-likeness (QED) is 0.779. The molecule has 0 fully saturated rings. The van der Waals surface area contributed by atoms with E-state index >= 15 is 0 Å². The Bertz CT molecular complexity index is 745. The average Bonchev–Trinajstić information content (AvgIpc) is 3.08. The minimum Gasteiger partial charge on any atom is -0.474 e. The van der Waals surface area contributed by atoms with Crippen molar-refractivity contribution in [1.82, 2.24) is 15.2 Å². The second-order valence-corrected chi connectivity index (χ2v) is 4.78. The molecule has 3 aromatic rings. The van der Waals surface area contributed by atoms with E-state index < -0.39 is 0 Å². The molecule has 6 nitrogen and oxygen atoms in total. The van der Waals surface area contributed by atoms with Gasteiger partial charge in [-0.25, -0.2) is 0 Å². The van der Waals surface area contributed by atoms with Crippen LogP contribution in [0.25, 0.3) is 22.8 Å². The van der Waals surface area contributed by atoms with Crippen molar-refractivity contribution >= 4 is 11.6 Å². The van der Waals surface area contributed by atoms with Crippen LogP contribution in [0.4, 0.5) is 0 Å². The number of aliphatic hydroxyl groups excluding tert-OH is 1. The molecule has 0 unspecified atom stereocenters. The third kappa shape index (κ3) is 3.08. The minimum absolute atomic E-state index is 0.108. The van der Waals surface area contributed by atoms with Crippen molar-refractivity contribution in [3.63, 3.8) is 0 Å². The van der Waals surface area contributed by atoms with E-state index in [0.29, 0.717) is 22.3 Å². The molecule has 2 aromatic heterocycles. The molecule has 0 spiro atoms. The van der Waals surface area contributed by atoms with Crippen molar-refractivity contribution < 1.29 is 14.3 Å². The van der Waals surface area contributed by atoms with Gasteiger partial charge in [-0.3, -0.25) is 0 Å². The molecule has 1 aromatic carbocycles. The molecule has 0 aliphatic rings. The number of aliphatic hydroxyl groups is 1. The van der Waals surface area contributed by atoms with E-state index in [1.165, 1.54) is 6.26 Å². The van der Waals surface area contributed by atoms with Gasteiger partial charge in [0.15, 0.2) is 11.5 Å². The second-order valence-electron chi connectivity index (χ2n) is 4.35. The summed E-state index contributed by atoms with van der Waals surface area (Å²) in [5, 5.41) is 17.8. The predicted molar refractivity (Wildman–Crippen MR) is 80.6 cm³/mol. The third-order valence-electron chi connectivity index (χ3n) is 2.84. The average molecular weight is 318 g/mol. The van der Waals surface area contributed by atoms with Crippen molar-refractivity contribution in [2.75, 3.05) is 13.2 Å². The van der Waals surface area contributed by atoms with Crippen LogP contribution in [0.3, 0.4) is 0 Å². The van der Waals surface area contributed by atoms with Crippen LogP contribution in [0.2, 0.25) is 5.02 Å². The highest BCUT2D eigenvalue weighted by atomic mass is 35.5. The molecule has 0 saturated carbocycles. The Hall–Kier alpha value is -2.44. The first-order valence-electron chi connectivity index (χ1n) is 6.56. The Kier molecular flexibility index (Phi) is 4.32. The summed E-state index contributed by atoms with van der Waals surface area (Å²) in [5.74, 6) is 1.08. The van der Waals surface area contributed by atoms with E-state index in [9.17, 15) is 0 Å². The van der Waals surface area contributed by atoms with Crippen LogP contribution in [-0.4, -0.2) is 33.5 Å². The smallest absolute Gasteiger partial charge is 0.244 e. The Morgan fingerprint density at radius 3 is 2.64 bits per heavy atom. The van der Waals surface area contributed by atoms with Gasteiger partial charge in [0.2, 0.25) is 11.7 Å². The number of aromatic nitrogens is 3. The molecule has 0 amide bonds. The monoisotopic (exact) mass is 317 g/mol. The van der Waals surface area contributed by atoms with Crippen molar-refractivity contribution in [2.24, 2.45) is 0 Å². The lowest BCUT2D eigenvalue weighted by molar-refractivity contribution is 0.196. The fraction of sp³-hybridized carbons (Fsp3) is 0.133. The van der Waals surface area contributed by atoms with Crippen LogP contribution in [0.15, 0.2) is 47.1 Å². The van der Waals surface area contributed by atoms with E-state index in [0.717, 1.165) is 5.56 Å². The van der Waals surface area contributed by atoms with Gasteiger partial charge in [-0.15, -0.1) is 10.2 Å². The highest BCUT2D eigenvalue weighted by molar-refractivity contribution is 6.30. The van der Waals surface area contributed by atoms with Crippen molar-refractivity contribution in [2.45, 2.75) is 0 Å². The molecule has 7 heteroatoms. The predicted octanol–water partition coefficient (Wildman–Crippen LogP) is 2.82. The van der Waals surface area contributed by atoms with Crippen molar-refractivity contribution in [1.29, 1.82) is 0 Å². The van der Waals surface area contributed by atoms with Gasteiger partial charge in [0.25, 0.3) is 0 Å². The second kappa shape index (κ2) is 6.55. The first-order valence-corrected chi connectivity index (χ1v) is 6.94. The van der Waals surface area contributed by atoms with Gasteiger partial charge < -0.3 is 14.3 Å². The lowest BCUT2D eigenvalue weighted by Crippen LogP contribution is -2.07. The number of hydrogen-bond acceptors (Lipinski definition) is 6. The highest BCUT2D eigenvalue weighted by Crippen LogP contribution is 2.28. The third-order valence-corrected chi connectivity index (χ3v) is 3.10. The highest BCUT2D eigenvalue weighted by Gasteiger charge is 2.15. The Labute approximate surface area is 131 Å². The number of hydrogen-bond donors (Lipinski definition) is 1. The largest absolute Gasteiger partial charge is 0.474 e. The topological polar surface area (TPSA) is 81.3 Å². The molecule has 22 heavy (non-hydrogen) atoms. The minimum atomic E-state index is -0.125. The fourth-order valence-corrected chi connectivity index (χ4v) is 1.98. The van der Waals surface area contributed by atoms with E-state index in [-0.39, 0.29) is 19.1 Å². The summed E-state index contributed by atoms with van der Waals surface area (Å²) < 4.78 is 10.7. The number of rotatable bonds is 5. The van der Waals surface area contributed by atoms with Crippen LogP contribution < -0.4 is 4.74 Å². The van der Waals surface area contributed by atoms with Gasteiger partial charge in [0, 0.05) is 10.6 Å². The number of halogens is 1. The molecule has 0 aliphatic carbocycles. The standard InChI is InChI=1S/C15H12ClN3O3/c16-11-5-3-10(4-6-11)13-15(22-9-7-20)17-14(19-18-13)12-2-1-8-21-12/h1-6,8,20H,7,9H2. The van der Waals surface area contributed by atoms with Crippen LogP contribution in [0.5, 0.6) is 5.88 Å². The van der Waals surface area contributed by atoms with Crippen molar-refractivity contribution in [3.05, 3.63) is 47.7 Å². The summed E-state index contributed by atoms with van der Waals surface area (Å²) >= 11 is 5.89. The Morgan fingerprint density at radius 2 is 1.95 bits per heavy atom. The van der Waals surface area contributed by atoms with Crippen LogP contribution in [0.1, 0.15) is 0 Å². The molecule has 2 heterocycles. The molecule has 1 N–H and O–H groups in total. The molecule has 112 valence electrons. The molecule has 3 rings (SSSR count). The lowest BCUT2D eigenvalue weighted by Gasteiger charge is -2.09. The Balaban J connectivity index is 2.03. The van der Waals surface area contributed by atoms with Crippen molar-refractivity contribution in [3.8, 4) is 28.7 Å². The summed E-state index contributed by atoms with van der Waals surface area (Å²) in [4.78, 5) is 4.32. The maximum absolute atomic E-state index is 8.95. The molecular formula is C15H12ClN3O3. The molecule has 0 radical (unpaired) electrons. The molecular weight excluding hydrogens is 306 g/mol. The number of ether oxygens (including phenoxy) is 1. The lowest BCUT2D eigenvalue weighted by atomic mass is 10.1. The van der Waals surface area contributed by atoms with E-state index in [2.05, 4.69) is 15.2 Å². The summed E-state index contributed by atoms with van der Waals surface area (Å²) in [6.45, 7) is -0.0168. The zero-order valence-electron chi connectivity index (χ0n) is 11.4. The van der Waals surface area contributed by atoms with Gasteiger partial charge in [0.1, 0.15) is 6.61 Å².